The van der Waals surface area contributed by atoms with E-state index < -0.39 is 0 Å². The summed E-state index contributed by atoms with van der Waals surface area (Å²) in [5.41, 5.74) is 0.588. The number of hydrogen-bond acceptors (Lipinski definition) is 5. The molecule has 1 N–H and O–H groups in total. The lowest BCUT2D eigenvalue weighted by Gasteiger charge is -2.33. The van der Waals surface area contributed by atoms with E-state index in [9.17, 15) is 0 Å². The van der Waals surface area contributed by atoms with Crippen LogP contribution in [0, 0.1) is 0 Å². The maximum absolute atomic E-state index is 5.92. The van der Waals surface area contributed by atoms with Crippen molar-refractivity contribution in [2.45, 2.75) is 38.3 Å². The van der Waals surface area contributed by atoms with Gasteiger partial charge >= 0.3 is 0 Å². The zero-order valence-corrected chi connectivity index (χ0v) is 11.3. The smallest absolute Gasteiger partial charge is 0.237 e. The van der Waals surface area contributed by atoms with Gasteiger partial charge in [0.1, 0.15) is 5.69 Å². The quantitative estimate of drug-likeness (QED) is 0.863. The van der Waals surface area contributed by atoms with Crippen molar-refractivity contribution in [1.29, 1.82) is 0 Å². The number of likely N-dealkylation sites (N-methyl/N-ethyl adjacent to an activating group) is 1. The maximum Gasteiger partial charge on any atom is 0.237 e. The molecule has 0 aromatic carbocycles. The van der Waals surface area contributed by atoms with Gasteiger partial charge in [0.2, 0.25) is 5.88 Å². The summed E-state index contributed by atoms with van der Waals surface area (Å²) >= 11 is 0. The van der Waals surface area contributed by atoms with Crippen LogP contribution in [0.15, 0.2) is 12.4 Å². The predicted molar refractivity (Wildman–Crippen MR) is 68.6 cm³/mol. The SMILES string of the molecule is CCNC(c1nccnc1OC)C1(C)CCCO1. The summed E-state index contributed by atoms with van der Waals surface area (Å²) in [6.45, 7) is 5.86. The van der Waals surface area contributed by atoms with Gasteiger partial charge in [-0.3, -0.25) is 4.98 Å². The summed E-state index contributed by atoms with van der Waals surface area (Å²) in [5, 5.41) is 3.45. The molecule has 5 heteroatoms. The zero-order valence-electron chi connectivity index (χ0n) is 11.3. The molecule has 1 aromatic rings. The number of ether oxygens (including phenoxy) is 2. The molecule has 0 saturated carbocycles. The van der Waals surface area contributed by atoms with E-state index in [0.717, 1.165) is 31.7 Å². The first-order valence-corrected chi connectivity index (χ1v) is 6.43. The molecule has 0 radical (unpaired) electrons. The van der Waals surface area contributed by atoms with Crippen LogP contribution in [0.2, 0.25) is 0 Å². The molecule has 2 rings (SSSR count). The number of hydrogen-bond donors (Lipinski definition) is 1. The van der Waals surface area contributed by atoms with E-state index in [0.29, 0.717) is 5.88 Å². The third-order valence-corrected chi connectivity index (χ3v) is 3.43. The fraction of sp³-hybridized carbons (Fsp3) is 0.692. The van der Waals surface area contributed by atoms with Gasteiger partial charge in [0.15, 0.2) is 0 Å². The van der Waals surface area contributed by atoms with Gasteiger partial charge < -0.3 is 14.8 Å². The molecule has 1 saturated heterocycles. The third-order valence-electron chi connectivity index (χ3n) is 3.43. The van der Waals surface area contributed by atoms with E-state index in [2.05, 4.69) is 29.1 Å². The third kappa shape index (κ3) is 2.47. The second-order valence-electron chi connectivity index (χ2n) is 4.71. The molecule has 18 heavy (non-hydrogen) atoms. The first-order valence-electron chi connectivity index (χ1n) is 6.43. The minimum absolute atomic E-state index is 0.00801. The fourth-order valence-electron chi connectivity index (χ4n) is 2.53. The van der Waals surface area contributed by atoms with E-state index in [1.165, 1.54) is 0 Å². The van der Waals surface area contributed by atoms with E-state index in [-0.39, 0.29) is 11.6 Å². The van der Waals surface area contributed by atoms with Crippen LogP contribution in [0.1, 0.15) is 38.4 Å². The molecule has 0 spiro atoms. The van der Waals surface area contributed by atoms with E-state index in [4.69, 9.17) is 9.47 Å². The van der Waals surface area contributed by atoms with Gasteiger partial charge in [0.05, 0.1) is 18.8 Å². The Kier molecular flexibility index (Phi) is 4.14. The van der Waals surface area contributed by atoms with Crippen molar-refractivity contribution in [3.63, 3.8) is 0 Å². The van der Waals surface area contributed by atoms with Crippen molar-refractivity contribution in [2.75, 3.05) is 20.3 Å². The van der Waals surface area contributed by atoms with Crippen molar-refractivity contribution in [3.05, 3.63) is 18.1 Å². The van der Waals surface area contributed by atoms with E-state index in [1.807, 2.05) is 0 Å². The Bertz CT molecular complexity index is 392. The van der Waals surface area contributed by atoms with Crippen LogP contribution in [0.5, 0.6) is 5.88 Å². The summed E-state index contributed by atoms with van der Waals surface area (Å²) in [4.78, 5) is 8.65. The minimum Gasteiger partial charge on any atom is -0.480 e. The molecule has 2 heterocycles. The van der Waals surface area contributed by atoms with Crippen LogP contribution in [0.4, 0.5) is 0 Å². The summed E-state index contributed by atoms with van der Waals surface area (Å²) < 4.78 is 11.2. The number of nitrogens with zero attached hydrogens (tertiary/aromatic N) is 2. The van der Waals surface area contributed by atoms with Crippen molar-refractivity contribution in [2.24, 2.45) is 0 Å². The average molecular weight is 251 g/mol. The second-order valence-corrected chi connectivity index (χ2v) is 4.71. The van der Waals surface area contributed by atoms with Gasteiger partial charge in [-0.2, -0.15) is 0 Å². The molecule has 1 fully saturated rings. The number of aromatic nitrogens is 2. The van der Waals surface area contributed by atoms with Crippen molar-refractivity contribution < 1.29 is 9.47 Å². The Hall–Kier alpha value is -1.20. The largest absolute Gasteiger partial charge is 0.480 e. The molecule has 1 aliphatic heterocycles. The van der Waals surface area contributed by atoms with Crippen LogP contribution in [-0.2, 0) is 4.74 Å². The summed E-state index contributed by atoms with van der Waals surface area (Å²) in [6, 6.07) is 0.00801. The highest BCUT2D eigenvalue weighted by molar-refractivity contribution is 5.24. The van der Waals surface area contributed by atoms with Gasteiger partial charge in [-0.1, -0.05) is 6.92 Å². The van der Waals surface area contributed by atoms with E-state index in [1.54, 1.807) is 19.5 Å². The molecule has 0 amide bonds. The second kappa shape index (κ2) is 5.63. The van der Waals surface area contributed by atoms with Gasteiger partial charge in [-0.15, -0.1) is 0 Å². The summed E-state index contributed by atoms with van der Waals surface area (Å²) in [7, 11) is 1.62. The molecule has 2 unspecified atom stereocenters. The monoisotopic (exact) mass is 251 g/mol. The first-order chi connectivity index (χ1) is 8.71. The molecule has 2 atom stereocenters. The van der Waals surface area contributed by atoms with Gasteiger partial charge in [0.25, 0.3) is 0 Å². The lowest BCUT2D eigenvalue weighted by Crippen LogP contribution is -2.42. The fourth-order valence-corrected chi connectivity index (χ4v) is 2.53. The number of nitrogens with one attached hydrogen (secondary N) is 1. The van der Waals surface area contributed by atoms with Crippen molar-refractivity contribution in [1.82, 2.24) is 15.3 Å². The number of methoxy groups -OCH3 is 1. The van der Waals surface area contributed by atoms with Gasteiger partial charge in [-0.05, 0) is 26.3 Å². The Morgan fingerprint density at radius 3 is 2.89 bits per heavy atom. The standard InChI is InChI=1S/C13H21N3O2/c1-4-14-11(13(2)6-5-9-18-13)10-12(17-3)16-8-7-15-10/h7-8,11,14H,4-6,9H2,1-3H3. The van der Waals surface area contributed by atoms with Crippen LogP contribution >= 0.6 is 0 Å². The summed E-state index contributed by atoms with van der Waals surface area (Å²) in [6.07, 6.45) is 5.44. The topological polar surface area (TPSA) is 56.3 Å². The lowest BCUT2D eigenvalue weighted by atomic mass is 9.90. The highest BCUT2D eigenvalue weighted by Gasteiger charge is 2.41. The molecular formula is C13H21N3O2. The van der Waals surface area contributed by atoms with Crippen LogP contribution in [0.25, 0.3) is 0 Å². The van der Waals surface area contributed by atoms with Crippen LogP contribution < -0.4 is 10.1 Å². The van der Waals surface area contributed by atoms with Gasteiger partial charge in [0, 0.05) is 19.0 Å². The van der Waals surface area contributed by atoms with E-state index >= 15 is 0 Å². The highest BCUT2D eigenvalue weighted by Crippen LogP contribution is 2.38. The average Bonchev–Trinajstić information content (AvgIpc) is 2.84. The maximum atomic E-state index is 5.92. The summed E-state index contributed by atoms with van der Waals surface area (Å²) in [5.74, 6) is 0.570. The van der Waals surface area contributed by atoms with Crippen LogP contribution in [-0.4, -0.2) is 35.8 Å². The lowest BCUT2D eigenvalue weighted by molar-refractivity contribution is -0.0140. The predicted octanol–water partition coefficient (Wildman–Crippen LogP) is 1.70. The minimum atomic E-state index is -0.237. The molecule has 1 aromatic heterocycles. The van der Waals surface area contributed by atoms with Crippen molar-refractivity contribution in [3.8, 4) is 5.88 Å². The Labute approximate surface area is 108 Å². The molecule has 0 bridgehead atoms. The Balaban J connectivity index is 2.34. The molecule has 5 nitrogen and oxygen atoms in total. The van der Waals surface area contributed by atoms with Gasteiger partial charge in [-0.25, -0.2) is 4.98 Å². The molecular weight excluding hydrogens is 230 g/mol. The zero-order chi connectivity index (χ0) is 13.0. The first kappa shape index (κ1) is 13.2. The highest BCUT2D eigenvalue weighted by atomic mass is 16.5. The molecule has 0 aliphatic carbocycles. The Morgan fingerprint density at radius 2 is 2.28 bits per heavy atom. The van der Waals surface area contributed by atoms with Crippen LogP contribution in [0.3, 0.4) is 0 Å². The number of rotatable bonds is 5. The Morgan fingerprint density at radius 1 is 1.50 bits per heavy atom. The van der Waals surface area contributed by atoms with Crippen molar-refractivity contribution >= 4 is 0 Å². The normalized spacial score (nSPS) is 25.1. The molecule has 100 valence electrons. The molecule has 1 aliphatic rings.